The second-order valence-electron chi connectivity index (χ2n) is 6.29. The van der Waals surface area contributed by atoms with Crippen LogP contribution in [-0.4, -0.2) is 0 Å². The lowest BCUT2D eigenvalue weighted by atomic mass is 9.78. The first-order valence-electron chi connectivity index (χ1n) is 8.17. The zero-order valence-corrected chi connectivity index (χ0v) is 12.9. The van der Waals surface area contributed by atoms with Crippen molar-refractivity contribution >= 4 is 0 Å². The Hall–Kier alpha value is -1.69. The second kappa shape index (κ2) is 8.68. The summed E-state index contributed by atoms with van der Waals surface area (Å²) >= 11 is 0. The molecule has 1 saturated carbocycles. The van der Waals surface area contributed by atoms with Crippen LogP contribution in [0.2, 0.25) is 0 Å². The summed E-state index contributed by atoms with van der Waals surface area (Å²) in [6.07, 6.45) is 10.1. The fraction of sp³-hybridized carbons (Fsp3) is 0.526. The van der Waals surface area contributed by atoms with Gasteiger partial charge < -0.3 is 0 Å². The number of halogens is 2. The fourth-order valence-corrected chi connectivity index (χ4v) is 3.32. The highest BCUT2D eigenvalue weighted by molar-refractivity contribution is 5.16. The van der Waals surface area contributed by atoms with Gasteiger partial charge in [0.1, 0.15) is 11.9 Å². The highest BCUT2D eigenvalue weighted by Crippen LogP contribution is 2.34. The molecule has 0 bridgehead atoms. The van der Waals surface area contributed by atoms with E-state index in [-0.39, 0.29) is 5.82 Å². The number of nitriles is 1. The topological polar surface area (TPSA) is 23.8 Å². The van der Waals surface area contributed by atoms with Gasteiger partial charge in [-0.3, -0.25) is 0 Å². The Morgan fingerprint density at radius 1 is 1.09 bits per heavy atom. The largest absolute Gasteiger partial charge is 0.207 e. The van der Waals surface area contributed by atoms with Gasteiger partial charge in [0.25, 0.3) is 0 Å². The third-order valence-electron chi connectivity index (χ3n) is 4.73. The predicted octanol–water partition coefficient (Wildman–Crippen LogP) is 5.72. The average molecular weight is 303 g/mol. The van der Waals surface area contributed by atoms with Gasteiger partial charge in [0.2, 0.25) is 0 Å². The van der Waals surface area contributed by atoms with Gasteiger partial charge in [0.15, 0.2) is 5.83 Å². The van der Waals surface area contributed by atoms with E-state index in [9.17, 15) is 8.78 Å². The molecule has 1 aliphatic rings. The van der Waals surface area contributed by atoms with Gasteiger partial charge in [-0.15, -0.1) is 0 Å². The Morgan fingerprint density at radius 3 is 2.27 bits per heavy atom. The summed E-state index contributed by atoms with van der Waals surface area (Å²) in [5, 5.41) is 8.36. The van der Waals surface area contributed by atoms with E-state index in [1.54, 1.807) is 0 Å². The lowest BCUT2D eigenvalue weighted by Crippen LogP contribution is -2.15. The van der Waals surface area contributed by atoms with Crippen LogP contribution in [0, 0.1) is 29.0 Å². The Kier molecular flexibility index (Phi) is 6.58. The molecular formula is C19H23F2N. The molecule has 2 rings (SSSR count). The van der Waals surface area contributed by atoms with Crippen LogP contribution in [0.1, 0.15) is 50.5 Å². The maximum Gasteiger partial charge on any atom is 0.196 e. The van der Waals surface area contributed by atoms with Gasteiger partial charge in [0.05, 0.1) is 0 Å². The molecule has 0 amide bonds. The molecule has 0 spiro atoms. The zero-order chi connectivity index (χ0) is 15.8. The van der Waals surface area contributed by atoms with Crippen molar-refractivity contribution < 1.29 is 8.78 Å². The minimum atomic E-state index is -0.659. The number of rotatable bonds is 6. The number of allylic oxidation sites excluding steroid dienone is 2. The molecular weight excluding hydrogens is 280 g/mol. The number of nitrogens with zero attached hydrogens (tertiary/aromatic N) is 1. The predicted molar refractivity (Wildman–Crippen MR) is 84.2 cm³/mol. The Morgan fingerprint density at radius 2 is 1.68 bits per heavy atom. The van der Waals surface area contributed by atoms with Crippen molar-refractivity contribution in [2.24, 2.45) is 11.8 Å². The first kappa shape index (κ1) is 16.7. The summed E-state index contributed by atoms with van der Waals surface area (Å²) in [7, 11) is 0. The lowest BCUT2D eigenvalue weighted by molar-refractivity contribution is 0.254. The zero-order valence-electron chi connectivity index (χ0n) is 12.9. The van der Waals surface area contributed by atoms with Crippen LogP contribution in [-0.2, 0) is 6.42 Å². The first-order valence-corrected chi connectivity index (χ1v) is 8.17. The Balaban J connectivity index is 1.65. The van der Waals surface area contributed by atoms with Crippen molar-refractivity contribution in [3.05, 3.63) is 47.5 Å². The molecule has 0 heterocycles. The summed E-state index contributed by atoms with van der Waals surface area (Å²) in [5.41, 5.74) is 1.21. The highest BCUT2D eigenvalue weighted by atomic mass is 19.1. The summed E-state index contributed by atoms with van der Waals surface area (Å²) in [4.78, 5) is 0. The van der Waals surface area contributed by atoms with Crippen molar-refractivity contribution in [3.63, 3.8) is 0 Å². The molecule has 0 aromatic heterocycles. The minimum Gasteiger partial charge on any atom is -0.207 e. The summed E-state index contributed by atoms with van der Waals surface area (Å²) in [6.45, 7) is 0. The highest BCUT2D eigenvalue weighted by Gasteiger charge is 2.20. The lowest BCUT2D eigenvalue weighted by Gasteiger charge is -2.28. The molecule has 3 heteroatoms. The van der Waals surface area contributed by atoms with Gasteiger partial charge in [0, 0.05) is 0 Å². The number of hydrogen-bond donors (Lipinski definition) is 0. The molecule has 22 heavy (non-hydrogen) atoms. The molecule has 1 nitrogen and oxygen atoms in total. The number of aryl methyl sites for hydroxylation is 1. The summed E-state index contributed by atoms with van der Waals surface area (Å²) in [5.74, 6) is 0.594. The summed E-state index contributed by atoms with van der Waals surface area (Å²) in [6, 6.07) is 8.32. The van der Waals surface area contributed by atoms with Gasteiger partial charge in [-0.1, -0.05) is 37.8 Å². The van der Waals surface area contributed by atoms with Crippen molar-refractivity contribution in [2.75, 3.05) is 0 Å². The van der Waals surface area contributed by atoms with Gasteiger partial charge in [-0.05, 0) is 61.3 Å². The van der Waals surface area contributed by atoms with E-state index in [0.29, 0.717) is 12.3 Å². The van der Waals surface area contributed by atoms with Crippen LogP contribution in [0.15, 0.2) is 36.2 Å². The monoisotopic (exact) mass is 303 g/mol. The van der Waals surface area contributed by atoms with Crippen LogP contribution >= 0.6 is 0 Å². The van der Waals surface area contributed by atoms with Crippen LogP contribution in [0.25, 0.3) is 0 Å². The Labute approximate surface area is 131 Å². The third-order valence-corrected chi connectivity index (χ3v) is 4.73. The van der Waals surface area contributed by atoms with E-state index in [0.717, 1.165) is 18.8 Å². The van der Waals surface area contributed by atoms with Gasteiger partial charge >= 0.3 is 0 Å². The average Bonchev–Trinajstić information content (AvgIpc) is 2.55. The maximum atomic E-state index is 12.9. The molecule has 1 aliphatic carbocycles. The van der Waals surface area contributed by atoms with Gasteiger partial charge in [-0.2, -0.15) is 9.65 Å². The molecule has 0 N–H and O–H groups in total. The van der Waals surface area contributed by atoms with E-state index in [2.05, 4.69) is 0 Å². The number of hydrogen-bond acceptors (Lipinski definition) is 1. The summed E-state index contributed by atoms with van der Waals surface area (Å²) < 4.78 is 25.6. The quantitative estimate of drug-likeness (QED) is 0.616. The molecule has 0 atom stereocenters. The van der Waals surface area contributed by atoms with Crippen molar-refractivity contribution in [1.82, 2.24) is 0 Å². The molecule has 118 valence electrons. The maximum absolute atomic E-state index is 12.9. The smallest absolute Gasteiger partial charge is 0.196 e. The van der Waals surface area contributed by atoms with E-state index in [1.165, 1.54) is 61.9 Å². The van der Waals surface area contributed by atoms with Crippen molar-refractivity contribution in [1.29, 1.82) is 5.26 Å². The van der Waals surface area contributed by atoms with Gasteiger partial charge in [-0.25, -0.2) is 4.39 Å². The van der Waals surface area contributed by atoms with Crippen molar-refractivity contribution in [2.45, 2.75) is 51.4 Å². The fourth-order valence-electron chi connectivity index (χ4n) is 3.32. The van der Waals surface area contributed by atoms with Crippen molar-refractivity contribution in [3.8, 4) is 6.07 Å². The van der Waals surface area contributed by atoms with E-state index in [1.807, 2.05) is 12.1 Å². The van der Waals surface area contributed by atoms with Crippen LogP contribution in [0.4, 0.5) is 8.78 Å². The Bertz CT molecular complexity index is 519. The van der Waals surface area contributed by atoms with Crippen LogP contribution in [0.3, 0.4) is 0 Å². The van der Waals surface area contributed by atoms with E-state index < -0.39 is 5.83 Å². The van der Waals surface area contributed by atoms with Crippen LogP contribution in [0.5, 0.6) is 0 Å². The molecule has 0 aliphatic heterocycles. The standard InChI is InChI=1S/C19H23F2N/c20-18-12-10-17(11-13-18)9-8-16-6-4-15(5-7-16)2-1-3-19(21)14-22/h3,10-13,15-16H,1-2,4-9H2/b19-3-. The normalized spacial score (nSPS) is 22.3. The minimum absolute atomic E-state index is 0.175. The molecule has 1 fully saturated rings. The van der Waals surface area contributed by atoms with E-state index in [4.69, 9.17) is 5.26 Å². The van der Waals surface area contributed by atoms with Crippen LogP contribution < -0.4 is 0 Å². The molecule has 0 saturated heterocycles. The molecule has 0 radical (unpaired) electrons. The second-order valence-corrected chi connectivity index (χ2v) is 6.29. The molecule has 1 aromatic rings. The SMILES string of the molecule is N#C/C(F)=C/CCC1CCC(CCc2ccc(F)cc2)CC1. The number of benzene rings is 1. The molecule has 0 unspecified atom stereocenters. The third kappa shape index (κ3) is 5.60. The van der Waals surface area contributed by atoms with E-state index >= 15 is 0 Å². The molecule has 1 aromatic carbocycles. The first-order chi connectivity index (χ1) is 10.7.